The lowest BCUT2D eigenvalue weighted by atomic mass is 10.1. The van der Waals surface area contributed by atoms with E-state index < -0.39 is 0 Å². The van der Waals surface area contributed by atoms with Gasteiger partial charge in [-0.1, -0.05) is 31.0 Å². The fourth-order valence-corrected chi connectivity index (χ4v) is 4.08. The Morgan fingerprint density at radius 1 is 1.17 bits per heavy atom. The number of amides is 2. The first-order valence-electron chi connectivity index (χ1n) is 12.0. The molecule has 0 bridgehead atoms. The third-order valence-corrected chi connectivity index (χ3v) is 6.03. The summed E-state index contributed by atoms with van der Waals surface area (Å²) in [6, 6.07) is 11.2. The van der Waals surface area contributed by atoms with Crippen LogP contribution in [0.2, 0.25) is 0 Å². The van der Waals surface area contributed by atoms with E-state index in [4.69, 9.17) is 4.74 Å². The molecule has 10 nitrogen and oxygen atoms in total. The average molecular weight is 490 g/mol. The van der Waals surface area contributed by atoms with E-state index in [0.29, 0.717) is 30.2 Å². The molecule has 1 unspecified atom stereocenters. The average Bonchev–Trinajstić information content (AvgIpc) is 3.56. The largest absolute Gasteiger partial charge is 0.480 e. The SMILES string of the molecule is CNC(=O)CCCCCC(NC(=O)c1ccn(C)n1)c1ncc(-c2cc3ccccc3nc2OC)[nH]1. The summed E-state index contributed by atoms with van der Waals surface area (Å²) in [7, 11) is 5.00. The Hall–Kier alpha value is -4.21. The van der Waals surface area contributed by atoms with E-state index in [9.17, 15) is 9.59 Å². The van der Waals surface area contributed by atoms with Gasteiger partial charge in [-0.25, -0.2) is 9.97 Å². The predicted octanol–water partition coefficient (Wildman–Crippen LogP) is 3.53. The lowest BCUT2D eigenvalue weighted by molar-refractivity contribution is -0.120. The lowest BCUT2D eigenvalue weighted by Gasteiger charge is -2.16. The fraction of sp³-hybridized carbons (Fsp3) is 0.346. The topological polar surface area (TPSA) is 127 Å². The predicted molar refractivity (Wildman–Crippen MR) is 136 cm³/mol. The van der Waals surface area contributed by atoms with E-state index in [2.05, 4.69) is 30.7 Å². The van der Waals surface area contributed by atoms with Crippen LogP contribution in [0.15, 0.2) is 48.8 Å². The van der Waals surface area contributed by atoms with Gasteiger partial charge in [-0.2, -0.15) is 5.10 Å². The number of benzene rings is 1. The zero-order valence-electron chi connectivity index (χ0n) is 20.7. The minimum atomic E-state index is -0.354. The summed E-state index contributed by atoms with van der Waals surface area (Å²) in [4.78, 5) is 37.0. The summed E-state index contributed by atoms with van der Waals surface area (Å²) >= 11 is 0. The number of carbonyl (C=O) groups is 2. The van der Waals surface area contributed by atoms with Crippen molar-refractivity contribution < 1.29 is 14.3 Å². The van der Waals surface area contributed by atoms with Gasteiger partial charge in [0.2, 0.25) is 11.8 Å². The first-order valence-corrected chi connectivity index (χ1v) is 12.0. The van der Waals surface area contributed by atoms with Gasteiger partial charge in [0.15, 0.2) is 0 Å². The number of nitrogens with zero attached hydrogens (tertiary/aromatic N) is 4. The number of unbranched alkanes of at least 4 members (excludes halogenated alkanes) is 2. The molecule has 4 rings (SSSR count). The van der Waals surface area contributed by atoms with Gasteiger partial charge in [-0.05, 0) is 31.0 Å². The Bertz CT molecular complexity index is 1340. The summed E-state index contributed by atoms with van der Waals surface area (Å²) in [5.41, 5.74) is 2.72. The maximum absolute atomic E-state index is 12.9. The number of ether oxygens (including phenoxy) is 1. The lowest BCUT2D eigenvalue weighted by Crippen LogP contribution is -2.29. The molecule has 0 saturated heterocycles. The van der Waals surface area contributed by atoms with E-state index in [0.717, 1.165) is 41.4 Å². The highest BCUT2D eigenvalue weighted by Gasteiger charge is 2.21. The second-order valence-corrected chi connectivity index (χ2v) is 8.59. The summed E-state index contributed by atoms with van der Waals surface area (Å²) in [5, 5.41) is 10.9. The number of H-pyrrole nitrogens is 1. The molecule has 0 radical (unpaired) electrons. The molecule has 0 aliphatic rings. The summed E-state index contributed by atoms with van der Waals surface area (Å²) in [6.07, 6.45) is 7.07. The molecule has 0 aliphatic carbocycles. The van der Waals surface area contributed by atoms with Crippen LogP contribution in [0.4, 0.5) is 0 Å². The first-order chi connectivity index (χ1) is 17.5. The Labute approximate surface area is 209 Å². The van der Waals surface area contributed by atoms with Crippen LogP contribution in [0.3, 0.4) is 0 Å². The van der Waals surface area contributed by atoms with Gasteiger partial charge in [0.1, 0.15) is 11.5 Å². The molecule has 1 aromatic carbocycles. The molecule has 0 saturated carbocycles. The quantitative estimate of drug-likeness (QED) is 0.277. The van der Waals surface area contributed by atoms with Gasteiger partial charge in [-0.15, -0.1) is 0 Å². The highest BCUT2D eigenvalue weighted by molar-refractivity contribution is 5.92. The molecule has 0 aliphatic heterocycles. The Balaban J connectivity index is 1.55. The number of aromatic nitrogens is 5. The van der Waals surface area contributed by atoms with Crippen molar-refractivity contribution in [1.29, 1.82) is 0 Å². The summed E-state index contributed by atoms with van der Waals surface area (Å²) < 4.78 is 7.14. The van der Waals surface area contributed by atoms with Crippen LogP contribution in [0.5, 0.6) is 5.88 Å². The minimum Gasteiger partial charge on any atom is -0.480 e. The van der Waals surface area contributed by atoms with Crippen molar-refractivity contribution in [2.45, 2.75) is 38.1 Å². The summed E-state index contributed by atoms with van der Waals surface area (Å²) in [5.74, 6) is 0.889. The zero-order chi connectivity index (χ0) is 25.5. The number of imidazole rings is 1. The Morgan fingerprint density at radius 3 is 2.75 bits per heavy atom. The number of nitrogens with one attached hydrogen (secondary N) is 3. The molecule has 188 valence electrons. The van der Waals surface area contributed by atoms with Crippen molar-refractivity contribution in [2.24, 2.45) is 7.05 Å². The molecule has 3 N–H and O–H groups in total. The number of fused-ring (bicyclic) bond motifs is 1. The van der Waals surface area contributed by atoms with Gasteiger partial charge in [0.05, 0.1) is 36.1 Å². The van der Waals surface area contributed by atoms with Crippen molar-refractivity contribution >= 4 is 22.7 Å². The molecular formula is C26H31N7O3. The van der Waals surface area contributed by atoms with Gasteiger partial charge in [0.25, 0.3) is 5.91 Å². The molecule has 10 heteroatoms. The molecule has 1 atom stereocenters. The molecule has 0 spiro atoms. The van der Waals surface area contributed by atoms with Crippen LogP contribution in [-0.4, -0.2) is 50.7 Å². The third kappa shape index (κ3) is 5.88. The monoisotopic (exact) mass is 489 g/mol. The molecule has 2 amide bonds. The van der Waals surface area contributed by atoms with Crippen LogP contribution in [0.25, 0.3) is 22.2 Å². The number of hydrogen-bond donors (Lipinski definition) is 3. The van der Waals surface area contributed by atoms with Crippen LogP contribution < -0.4 is 15.4 Å². The van der Waals surface area contributed by atoms with Crippen molar-refractivity contribution in [3.05, 3.63) is 60.3 Å². The number of rotatable bonds is 11. The van der Waals surface area contributed by atoms with Crippen LogP contribution >= 0.6 is 0 Å². The maximum atomic E-state index is 12.9. The molecule has 3 aromatic heterocycles. The number of methoxy groups -OCH3 is 1. The van der Waals surface area contributed by atoms with E-state index in [1.54, 1.807) is 44.3 Å². The van der Waals surface area contributed by atoms with Gasteiger partial charge >= 0.3 is 0 Å². The molecule has 36 heavy (non-hydrogen) atoms. The van der Waals surface area contributed by atoms with Gasteiger partial charge in [-0.3, -0.25) is 14.3 Å². The Morgan fingerprint density at radius 2 is 2.00 bits per heavy atom. The zero-order valence-corrected chi connectivity index (χ0v) is 20.7. The van der Waals surface area contributed by atoms with E-state index in [1.807, 2.05) is 30.3 Å². The second-order valence-electron chi connectivity index (χ2n) is 8.59. The number of aromatic amines is 1. The van der Waals surface area contributed by atoms with E-state index >= 15 is 0 Å². The Kier molecular flexibility index (Phi) is 7.94. The standard InChI is InChI=1S/C26H31N7O3/c1-27-23(34)12-6-4-5-11-20(30-25(35)21-13-14-33(2)32-21)24-28-16-22(29-24)18-15-17-9-7-8-10-19(17)31-26(18)36-3/h7-10,13-16,20H,4-6,11-12H2,1-3H3,(H,27,34)(H,28,29)(H,30,35). The molecule has 3 heterocycles. The van der Waals surface area contributed by atoms with Gasteiger partial charge < -0.3 is 20.4 Å². The van der Waals surface area contributed by atoms with Crippen LogP contribution in [0.1, 0.15) is 54.5 Å². The normalized spacial score (nSPS) is 11.9. The highest BCUT2D eigenvalue weighted by atomic mass is 16.5. The van der Waals surface area contributed by atoms with E-state index in [-0.39, 0.29) is 17.9 Å². The number of hydrogen-bond acceptors (Lipinski definition) is 6. The molecule has 4 aromatic rings. The van der Waals surface area contributed by atoms with Crippen molar-refractivity contribution in [2.75, 3.05) is 14.2 Å². The molecular weight excluding hydrogens is 458 g/mol. The van der Waals surface area contributed by atoms with Crippen LogP contribution in [-0.2, 0) is 11.8 Å². The number of para-hydroxylation sites is 1. The first kappa shape index (κ1) is 24.9. The minimum absolute atomic E-state index is 0.0311. The smallest absolute Gasteiger partial charge is 0.272 e. The van der Waals surface area contributed by atoms with Crippen molar-refractivity contribution in [3.8, 4) is 17.1 Å². The summed E-state index contributed by atoms with van der Waals surface area (Å²) in [6.45, 7) is 0. The van der Waals surface area contributed by atoms with Crippen molar-refractivity contribution in [3.63, 3.8) is 0 Å². The molecule has 0 fully saturated rings. The second kappa shape index (κ2) is 11.5. The number of aryl methyl sites for hydroxylation is 1. The maximum Gasteiger partial charge on any atom is 0.272 e. The van der Waals surface area contributed by atoms with Crippen molar-refractivity contribution in [1.82, 2.24) is 35.4 Å². The van der Waals surface area contributed by atoms with Crippen LogP contribution in [0, 0.1) is 0 Å². The number of pyridine rings is 1. The highest BCUT2D eigenvalue weighted by Crippen LogP contribution is 2.31. The fourth-order valence-electron chi connectivity index (χ4n) is 4.08. The van der Waals surface area contributed by atoms with Gasteiger partial charge in [0, 0.05) is 32.1 Å². The third-order valence-electron chi connectivity index (χ3n) is 6.03. The number of carbonyl (C=O) groups excluding carboxylic acids is 2. The van der Waals surface area contributed by atoms with E-state index in [1.165, 1.54) is 0 Å².